The van der Waals surface area contributed by atoms with Gasteiger partial charge in [-0.2, -0.15) is 0 Å². The maximum atomic E-state index is 12.4. The van der Waals surface area contributed by atoms with Crippen molar-refractivity contribution < 1.29 is 4.79 Å². The number of rotatable bonds is 2. The van der Waals surface area contributed by atoms with E-state index in [-0.39, 0.29) is 5.78 Å². The van der Waals surface area contributed by atoms with Crippen molar-refractivity contribution in [3.05, 3.63) is 63.6 Å². The largest absolute Gasteiger partial charge is 0.360 e. The van der Waals surface area contributed by atoms with Crippen LogP contribution >= 0.6 is 22.6 Å². The molecule has 88 valence electrons. The van der Waals surface area contributed by atoms with Gasteiger partial charge in [-0.15, -0.1) is 0 Å². The molecule has 4 heteroatoms. The van der Waals surface area contributed by atoms with Gasteiger partial charge in [-0.25, -0.2) is 0 Å². The number of carbonyl (C=O) groups is 1. The Bertz CT molecular complexity index is 716. The van der Waals surface area contributed by atoms with Gasteiger partial charge in [0.15, 0.2) is 5.78 Å². The van der Waals surface area contributed by atoms with Gasteiger partial charge >= 0.3 is 0 Å². The van der Waals surface area contributed by atoms with E-state index in [0.717, 1.165) is 14.5 Å². The van der Waals surface area contributed by atoms with Gasteiger partial charge in [-0.05, 0) is 52.9 Å². The van der Waals surface area contributed by atoms with E-state index < -0.39 is 0 Å². The first-order chi connectivity index (χ1) is 8.75. The van der Waals surface area contributed by atoms with Gasteiger partial charge in [0.2, 0.25) is 0 Å². The van der Waals surface area contributed by atoms with Crippen molar-refractivity contribution in [1.82, 2.24) is 9.97 Å². The fraction of sp³-hybridized carbons (Fsp3) is 0. The Balaban J connectivity index is 2.09. The fourth-order valence-electron chi connectivity index (χ4n) is 1.91. The number of hydrogen-bond acceptors (Lipinski definition) is 2. The van der Waals surface area contributed by atoms with Crippen LogP contribution in [-0.4, -0.2) is 15.8 Å². The third-order valence-electron chi connectivity index (χ3n) is 2.83. The molecule has 0 unspecified atom stereocenters. The smallest absolute Gasteiger partial charge is 0.195 e. The summed E-state index contributed by atoms with van der Waals surface area (Å²) in [6.45, 7) is 0. The molecule has 0 spiro atoms. The topological polar surface area (TPSA) is 45.8 Å². The van der Waals surface area contributed by atoms with Crippen LogP contribution < -0.4 is 0 Å². The van der Waals surface area contributed by atoms with Gasteiger partial charge in [0.25, 0.3) is 0 Å². The van der Waals surface area contributed by atoms with Crippen molar-refractivity contribution in [2.24, 2.45) is 0 Å². The van der Waals surface area contributed by atoms with Crippen molar-refractivity contribution >= 4 is 39.3 Å². The van der Waals surface area contributed by atoms with Crippen molar-refractivity contribution in [1.29, 1.82) is 0 Å². The van der Waals surface area contributed by atoms with Crippen LogP contribution in [0.4, 0.5) is 0 Å². The molecule has 0 radical (unpaired) electrons. The highest BCUT2D eigenvalue weighted by atomic mass is 127. The summed E-state index contributed by atoms with van der Waals surface area (Å²) in [6, 6.07) is 9.42. The van der Waals surface area contributed by atoms with Crippen LogP contribution in [0.3, 0.4) is 0 Å². The number of aromatic nitrogens is 2. The van der Waals surface area contributed by atoms with Gasteiger partial charge in [0, 0.05) is 44.2 Å². The molecule has 0 aliphatic carbocycles. The van der Waals surface area contributed by atoms with Gasteiger partial charge in [-0.3, -0.25) is 9.78 Å². The van der Waals surface area contributed by atoms with Gasteiger partial charge in [-0.1, -0.05) is 0 Å². The summed E-state index contributed by atoms with van der Waals surface area (Å²) < 4.78 is 1.12. The van der Waals surface area contributed by atoms with E-state index in [1.165, 1.54) is 0 Å². The molecule has 0 atom stereocenters. The lowest BCUT2D eigenvalue weighted by Crippen LogP contribution is -2.00. The molecular formula is C14H9IN2O. The molecule has 3 rings (SSSR count). The monoisotopic (exact) mass is 348 g/mol. The average molecular weight is 348 g/mol. The molecule has 1 aromatic carbocycles. The zero-order valence-electron chi connectivity index (χ0n) is 9.35. The molecule has 0 saturated heterocycles. The molecule has 2 heterocycles. The molecule has 3 aromatic rings. The van der Waals surface area contributed by atoms with Gasteiger partial charge in [0.1, 0.15) is 0 Å². The molecule has 0 bridgehead atoms. The van der Waals surface area contributed by atoms with E-state index >= 15 is 0 Å². The number of hydrogen-bond donors (Lipinski definition) is 1. The molecular weight excluding hydrogens is 339 g/mol. The number of carbonyl (C=O) groups excluding carboxylic acids is 1. The maximum absolute atomic E-state index is 12.4. The molecule has 0 saturated carbocycles. The normalized spacial score (nSPS) is 10.7. The second-order valence-electron chi connectivity index (χ2n) is 3.96. The van der Waals surface area contributed by atoms with Gasteiger partial charge in [0.05, 0.1) is 0 Å². The minimum Gasteiger partial charge on any atom is -0.360 e. The van der Waals surface area contributed by atoms with Crippen LogP contribution in [0.2, 0.25) is 0 Å². The standard InChI is InChI=1S/C14H9IN2O/c15-10-3-1-9(2-4-10)14(18)12-8-17-13-5-6-16-7-11(12)13/h1-8,17H. The molecule has 0 fully saturated rings. The van der Waals surface area contributed by atoms with E-state index in [1.54, 1.807) is 18.6 Å². The number of pyridine rings is 1. The van der Waals surface area contributed by atoms with Crippen LogP contribution in [0.15, 0.2) is 48.9 Å². The highest BCUT2D eigenvalue weighted by Gasteiger charge is 2.13. The first-order valence-electron chi connectivity index (χ1n) is 5.47. The first-order valence-corrected chi connectivity index (χ1v) is 6.55. The minimum absolute atomic E-state index is 0.0191. The van der Waals surface area contributed by atoms with Crippen molar-refractivity contribution in [2.75, 3.05) is 0 Å². The van der Waals surface area contributed by atoms with E-state index in [0.29, 0.717) is 11.1 Å². The number of H-pyrrole nitrogens is 1. The van der Waals surface area contributed by atoms with Crippen LogP contribution in [0.1, 0.15) is 15.9 Å². The third kappa shape index (κ3) is 1.92. The minimum atomic E-state index is 0.0191. The lowest BCUT2D eigenvalue weighted by molar-refractivity contribution is 0.104. The number of fused-ring (bicyclic) bond motifs is 1. The number of ketones is 1. The maximum Gasteiger partial charge on any atom is 0.195 e. The predicted octanol–water partition coefficient (Wildman–Crippen LogP) is 3.40. The summed E-state index contributed by atoms with van der Waals surface area (Å²) in [7, 11) is 0. The summed E-state index contributed by atoms with van der Waals surface area (Å²) in [4.78, 5) is 19.5. The Hall–Kier alpha value is -1.69. The van der Waals surface area contributed by atoms with Crippen LogP contribution in [-0.2, 0) is 0 Å². The van der Waals surface area contributed by atoms with E-state index in [4.69, 9.17) is 0 Å². The Morgan fingerprint density at radius 1 is 1.17 bits per heavy atom. The number of aromatic amines is 1. The van der Waals surface area contributed by atoms with Crippen molar-refractivity contribution in [3.8, 4) is 0 Å². The molecule has 3 nitrogen and oxygen atoms in total. The summed E-state index contributed by atoms with van der Waals surface area (Å²) >= 11 is 2.22. The Morgan fingerprint density at radius 3 is 2.72 bits per heavy atom. The van der Waals surface area contributed by atoms with E-state index in [9.17, 15) is 4.79 Å². The molecule has 1 N–H and O–H groups in total. The van der Waals surface area contributed by atoms with Crippen molar-refractivity contribution in [3.63, 3.8) is 0 Å². The summed E-state index contributed by atoms with van der Waals surface area (Å²) in [6.07, 6.45) is 5.16. The molecule has 18 heavy (non-hydrogen) atoms. The highest BCUT2D eigenvalue weighted by Crippen LogP contribution is 2.20. The summed E-state index contributed by atoms with van der Waals surface area (Å²) in [5, 5.41) is 0.862. The molecule has 0 amide bonds. The van der Waals surface area contributed by atoms with Crippen LogP contribution in [0, 0.1) is 3.57 Å². The second-order valence-corrected chi connectivity index (χ2v) is 5.21. The Kier molecular flexibility index (Phi) is 2.87. The molecule has 0 aliphatic heterocycles. The lowest BCUT2D eigenvalue weighted by atomic mass is 10.0. The fourth-order valence-corrected chi connectivity index (χ4v) is 2.27. The van der Waals surface area contributed by atoms with Crippen LogP contribution in [0.25, 0.3) is 10.9 Å². The average Bonchev–Trinajstić information content (AvgIpc) is 2.82. The zero-order valence-corrected chi connectivity index (χ0v) is 11.5. The first kappa shape index (κ1) is 11.4. The Morgan fingerprint density at radius 2 is 1.94 bits per heavy atom. The SMILES string of the molecule is O=C(c1ccc(I)cc1)c1c[nH]c2ccncc12. The van der Waals surface area contributed by atoms with Crippen molar-refractivity contribution in [2.45, 2.75) is 0 Å². The Labute approximate surface area is 117 Å². The van der Waals surface area contributed by atoms with Gasteiger partial charge < -0.3 is 4.98 Å². The number of nitrogens with zero attached hydrogens (tertiary/aromatic N) is 1. The van der Waals surface area contributed by atoms with Crippen LogP contribution in [0.5, 0.6) is 0 Å². The summed E-state index contributed by atoms with van der Waals surface area (Å²) in [5.41, 5.74) is 2.29. The lowest BCUT2D eigenvalue weighted by Gasteiger charge is -1.99. The second kappa shape index (κ2) is 4.53. The number of benzene rings is 1. The van der Waals surface area contributed by atoms with E-state index in [2.05, 4.69) is 32.6 Å². The van der Waals surface area contributed by atoms with E-state index in [1.807, 2.05) is 30.3 Å². The summed E-state index contributed by atoms with van der Waals surface area (Å²) in [5.74, 6) is 0.0191. The molecule has 0 aliphatic rings. The highest BCUT2D eigenvalue weighted by molar-refractivity contribution is 14.1. The third-order valence-corrected chi connectivity index (χ3v) is 3.55. The number of nitrogens with one attached hydrogen (secondary N) is 1. The quantitative estimate of drug-likeness (QED) is 0.570. The predicted molar refractivity (Wildman–Crippen MR) is 78.7 cm³/mol. The zero-order chi connectivity index (χ0) is 12.5. The number of halogens is 1. The molecule has 2 aromatic heterocycles.